The molecular weight excluding hydrogens is 215 g/mol. The molecule has 0 aliphatic carbocycles. The minimum Gasteiger partial charge on any atom is -0.309 e. The summed E-state index contributed by atoms with van der Waals surface area (Å²) in [6, 6.07) is 3.59. The first-order valence-corrected chi connectivity index (χ1v) is 4.76. The van der Waals surface area contributed by atoms with Gasteiger partial charge >= 0.3 is 6.18 Å². The molecule has 1 nitrogen and oxygen atoms in total. The fourth-order valence-corrected chi connectivity index (χ4v) is 1.16. The quantitative estimate of drug-likeness (QED) is 0.727. The van der Waals surface area contributed by atoms with Crippen molar-refractivity contribution in [1.82, 2.24) is 5.32 Å². The lowest BCUT2D eigenvalue weighted by Gasteiger charge is -2.07. The molecule has 1 rings (SSSR count). The zero-order valence-electron chi connectivity index (χ0n) is 9.07. The Morgan fingerprint density at radius 1 is 1.31 bits per heavy atom. The molecule has 0 aliphatic heterocycles. The number of halogens is 3. The van der Waals surface area contributed by atoms with Gasteiger partial charge in [-0.05, 0) is 31.7 Å². The third-order valence-electron chi connectivity index (χ3n) is 2.05. The van der Waals surface area contributed by atoms with E-state index in [1.807, 2.05) is 0 Å². The van der Waals surface area contributed by atoms with E-state index in [-0.39, 0.29) is 0 Å². The molecule has 0 heterocycles. The molecule has 0 aliphatic rings. The highest BCUT2D eigenvalue weighted by Gasteiger charge is 2.30. The number of rotatable bonds is 1. The molecule has 0 fully saturated rings. The van der Waals surface area contributed by atoms with E-state index in [0.29, 0.717) is 12.1 Å². The molecule has 86 valence electrons. The molecule has 1 aromatic carbocycles. The van der Waals surface area contributed by atoms with E-state index in [0.717, 1.165) is 17.7 Å². The van der Waals surface area contributed by atoms with E-state index >= 15 is 0 Å². The average Bonchev–Trinajstić information content (AvgIpc) is 2.19. The van der Waals surface area contributed by atoms with Gasteiger partial charge < -0.3 is 5.32 Å². The van der Waals surface area contributed by atoms with E-state index < -0.39 is 11.7 Å². The summed E-state index contributed by atoms with van der Waals surface area (Å²) in [5.41, 5.74) is 0.508. The van der Waals surface area contributed by atoms with Gasteiger partial charge in [-0.15, -0.1) is 0 Å². The van der Waals surface area contributed by atoms with E-state index in [4.69, 9.17) is 0 Å². The van der Waals surface area contributed by atoms with Crippen LogP contribution in [0.3, 0.4) is 0 Å². The molecule has 1 aromatic rings. The summed E-state index contributed by atoms with van der Waals surface area (Å²) >= 11 is 0. The molecule has 0 atom stereocenters. The van der Waals surface area contributed by atoms with Crippen LogP contribution < -0.4 is 5.32 Å². The average molecular weight is 227 g/mol. The van der Waals surface area contributed by atoms with Crippen LogP contribution in [0.1, 0.15) is 16.7 Å². The fraction of sp³-hybridized carbons (Fsp3) is 0.333. The van der Waals surface area contributed by atoms with Gasteiger partial charge in [0.2, 0.25) is 0 Å². The Hall–Kier alpha value is -1.47. The third kappa shape index (κ3) is 3.28. The SMILES string of the molecule is CNCC#Cc1cc(C(F)(F)F)ccc1C. The second kappa shape index (κ2) is 5.04. The number of hydrogen-bond donors (Lipinski definition) is 1. The van der Waals surface area contributed by atoms with Crippen molar-refractivity contribution in [2.24, 2.45) is 0 Å². The van der Waals surface area contributed by atoms with Crippen molar-refractivity contribution in [2.45, 2.75) is 13.1 Å². The summed E-state index contributed by atoms with van der Waals surface area (Å²) < 4.78 is 37.3. The van der Waals surface area contributed by atoms with E-state index in [9.17, 15) is 13.2 Å². The van der Waals surface area contributed by atoms with Gasteiger partial charge in [-0.1, -0.05) is 17.9 Å². The smallest absolute Gasteiger partial charge is 0.309 e. The van der Waals surface area contributed by atoms with Crippen molar-refractivity contribution >= 4 is 0 Å². The Balaban J connectivity index is 3.06. The molecule has 1 N–H and O–H groups in total. The summed E-state index contributed by atoms with van der Waals surface area (Å²) in [7, 11) is 1.73. The molecule has 0 unspecified atom stereocenters. The van der Waals surface area contributed by atoms with Crippen LogP contribution in [0.4, 0.5) is 13.2 Å². The summed E-state index contributed by atoms with van der Waals surface area (Å²) in [5.74, 6) is 5.46. The summed E-state index contributed by atoms with van der Waals surface area (Å²) in [6.07, 6.45) is -4.31. The Labute approximate surface area is 92.7 Å². The molecule has 0 saturated heterocycles. The standard InChI is InChI=1S/C12H12F3N/c1-9-5-6-11(12(13,14)15)8-10(9)4-3-7-16-2/h5-6,8,16H,7H2,1-2H3. The van der Waals surface area contributed by atoms with Gasteiger partial charge in [0.05, 0.1) is 12.1 Å². The number of hydrogen-bond acceptors (Lipinski definition) is 1. The van der Waals surface area contributed by atoms with Crippen LogP contribution >= 0.6 is 0 Å². The van der Waals surface area contributed by atoms with Crippen molar-refractivity contribution in [3.05, 3.63) is 34.9 Å². The van der Waals surface area contributed by atoms with Crippen molar-refractivity contribution < 1.29 is 13.2 Å². The molecule has 16 heavy (non-hydrogen) atoms. The lowest BCUT2D eigenvalue weighted by Crippen LogP contribution is -2.06. The largest absolute Gasteiger partial charge is 0.416 e. The van der Waals surface area contributed by atoms with Gasteiger partial charge in [-0.2, -0.15) is 13.2 Å². The molecular formula is C12H12F3N. The maximum Gasteiger partial charge on any atom is 0.416 e. The molecule has 0 aromatic heterocycles. The maximum absolute atomic E-state index is 12.4. The molecule has 4 heteroatoms. The van der Waals surface area contributed by atoms with Gasteiger partial charge in [0, 0.05) is 5.56 Å². The van der Waals surface area contributed by atoms with Crippen molar-refractivity contribution in [2.75, 3.05) is 13.6 Å². The summed E-state index contributed by atoms with van der Waals surface area (Å²) in [5, 5.41) is 2.81. The second-order valence-corrected chi connectivity index (χ2v) is 3.36. The zero-order chi connectivity index (χ0) is 12.2. The predicted octanol–water partition coefficient (Wildman–Crippen LogP) is 2.58. The van der Waals surface area contributed by atoms with Gasteiger partial charge in [-0.25, -0.2) is 0 Å². The second-order valence-electron chi connectivity index (χ2n) is 3.36. The molecule has 0 radical (unpaired) electrons. The topological polar surface area (TPSA) is 12.0 Å². The number of benzene rings is 1. The van der Waals surface area contributed by atoms with Crippen LogP contribution in [0.2, 0.25) is 0 Å². The van der Waals surface area contributed by atoms with Gasteiger partial charge in [0.15, 0.2) is 0 Å². The van der Waals surface area contributed by atoms with E-state index in [1.54, 1.807) is 14.0 Å². The van der Waals surface area contributed by atoms with E-state index in [1.165, 1.54) is 6.07 Å². The van der Waals surface area contributed by atoms with Crippen molar-refractivity contribution in [3.8, 4) is 11.8 Å². The number of aryl methyl sites for hydroxylation is 1. The molecule has 0 amide bonds. The van der Waals surface area contributed by atoms with Gasteiger partial charge in [0.1, 0.15) is 0 Å². The van der Waals surface area contributed by atoms with Crippen molar-refractivity contribution in [1.29, 1.82) is 0 Å². The van der Waals surface area contributed by atoms with Crippen molar-refractivity contribution in [3.63, 3.8) is 0 Å². The van der Waals surface area contributed by atoms with Crippen LogP contribution in [0.15, 0.2) is 18.2 Å². The normalized spacial score (nSPS) is 10.8. The third-order valence-corrected chi connectivity index (χ3v) is 2.05. The molecule has 0 spiro atoms. The number of alkyl halides is 3. The first kappa shape index (κ1) is 12.6. The summed E-state index contributed by atoms with van der Waals surface area (Å²) in [6.45, 7) is 2.19. The first-order valence-electron chi connectivity index (χ1n) is 4.76. The molecule has 0 bridgehead atoms. The Kier molecular flexibility index (Phi) is 3.97. The highest BCUT2D eigenvalue weighted by Crippen LogP contribution is 2.30. The summed E-state index contributed by atoms with van der Waals surface area (Å²) in [4.78, 5) is 0. The first-order chi connectivity index (χ1) is 7.45. The van der Waals surface area contributed by atoms with Crippen LogP contribution in [0, 0.1) is 18.8 Å². The van der Waals surface area contributed by atoms with Crippen LogP contribution in [0.25, 0.3) is 0 Å². The minimum atomic E-state index is -4.31. The predicted molar refractivity (Wildman–Crippen MR) is 57.0 cm³/mol. The zero-order valence-corrected chi connectivity index (χ0v) is 9.07. The van der Waals surface area contributed by atoms with E-state index in [2.05, 4.69) is 17.2 Å². The monoisotopic (exact) mass is 227 g/mol. The lowest BCUT2D eigenvalue weighted by atomic mass is 10.1. The minimum absolute atomic E-state index is 0.421. The Morgan fingerprint density at radius 2 is 2.00 bits per heavy atom. The van der Waals surface area contributed by atoms with Crippen LogP contribution in [-0.2, 0) is 6.18 Å². The fourth-order valence-electron chi connectivity index (χ4n) is 1.16. The van der Waals surface area contributed by atoms with Crippen LogP contribution in [-0.4, -0.2) is 13.6 Å². The van der Waals surface area contributed by atoms with Gasteiger partial charge in [0.25, 0.3) is 0 Å². The molecule has 0 saturated carbocycles. The maximum atomic E-state index is 12.4. The Morgan fingerprint density at radius 3 is 2.56 bits per heavy atom. The number of nitrogens with one attached hydrogen (secondary N) is 1. The highest BCUT2D eigenvalue weighted by molar-refractivity contribution is 5.44. The van der Waals surface area contributed by atoms with Crippen LogP contribution in [0.5, 0.6) is 0 Å². The van der Waals surface area contributed by atoms with Gasteiger partial charge in [-0.3, -0.25) is 0 Å². The Bertz CT molecular complexity index is 424. The lowest BCUT2D eigenvalue weighted by molar-refractivity contribution is -0.137. The highest BCUT2D eigenvalue weighted by atomic mass is 19.4.